The number of guanidine groups is 1. The van der Waals surface area contributed by atoms with Crippen LogP contribution in [0.5, 0.6) is 11.5 Å². The third-order valence-electron chi connectivity index (χ3n) is 4.31. The SMILES string of the molecule is CC(C)NC(=O)CCNC(=NCCc1cccs1)Nc1ccc2c(c1)OCCCO2.I. The van der Waals surface area contributed by atoms with E-state index in [1.54, 1.807) is 11.3 Å². The van der Waals surface area contributed by atoms with Crippen molar-refractivity contribution in [1.29, 1.82) is 0 Å². The Hall–Kier alpha value is -2.01. The summed E-state index contributed by atoms with van der Waals surface area (Å²) in [5, 5.41) is 11.5. The Balaban J connectivity index is 0.00000341. The van der Waals surface area contributed by atoms with E-state index < -0.39 is 0 Å². The normalized spacial score (nSPS) is 13.2. The molecule has 170 valence electrons. The van der Waals surface area contributed by atoms with E-state index in [0.29, 0.717) is 38.7 Å². The van der Waals surface area contributed by atoms with E-state index in [0.717, 1.165) is 30.0 Å². The summed E-state index contributed by atoms with van der Waals surface area (Å²) in [4.78, 5) is 17.9. The van der Waals surface area contributed by atoms with E-state index in [9.17, 15) is 4.79 Å². The summed E-state index contributed by atoms with van der Waals surface area (Å²) >= 11 is 1.73. The van der Waals surface area contributed by atoms with Crippen LogP contribution in [0.1, 0.15) is 31.6 Å². The van der Waals surface area contributed by atoms with Crippen LogP contribution < -0.4 is 25.4 Å². The average Bonchev–Trinajstić information content (AvgIpc) is 3.11. The van der Waals surface area contributed by atoms with Gasteiger partial charge in [-0.15, -0.1) is 35.3 Å². The first-order valence-corrected chi connectivity index (χ1v) is 11.2. The quantitative estimate of drug-likeness (QED) is 0.259. The second kappa shape index (κ2) is 13.4. The summed E-state index contributed by atoms with van der Waals surface area (Å²) in [6, 6.07) is 10.1. The average molecular weight is 558 g/mol. The van der Waals surface area contributed by atoms with E-state index in [4.69, 9.17) is 9.47 Å². The van der Waals surface area contributed by atoms with Crippen LogP contribution in [0.4, 0.5) is 5.69 Å². The predicted molar refractivity (Wildman–Crippen MR) is 137 cm³/mol. The Kier molecular flexibility index (Phi) is 10.9. The highest BCUT2D eigenvalue weighted by molar-refractivity contribution is 14.0. The molecule has 0 aliphatic carbocycles. The molecule has 0 bridgehead atoms. The van der Waals surface area contributed by atoms with Crippen LogP contribution in [0, 0.1) is 0 Å². The number of hydrogen-bond acceptors (Lipinski definition) is 5. The van der Waals surface area contributed by atoms with Crippen molar-refractivity contribution in [2.24, 2.45) is 4.99 Å². The zero-order valence-corrected chi connectivity index (χ0v) is 21.1. The molecule has 1 amide bonds. The summed E-state index contributed by atoms with van der Waals surface area (Å²) < 4.78 is 11.5. The Morgan fingerprint density at radius 3 is 2.74 bits per heavy atom. The number of amides is 1. The van der Waals surface area contributed by atoms with Gasteiger partial charge < -0.3 is 25.4 Å². The van der Waals surface area contributed by atoms with Crippen molar-refractivity contribution in [3.8, 4) is 11.5 Å². The molecule has 31 heavy (non-hydrogen) atoms. The lowest BCUT2D eigenvalue weighted by molar-refractivity contribution is -0.121. The Morgan fingerprint density at radius 1 is 1.19 bits per heavy atom. The van der Waals surface area contributed by atoms with Crippen molar-refractivity contribution in [3.05, 3.63) is 40.6 Å². The fraction of sp³-hybridized carbons (Fsp3) is 0.455. The fourth-order valence-electron chi connectivity index (χ4n) is 2.94. The number of nitrogens with zero attached hydrogens (tertiary/aromatic N) is 1. The lowest BCUT2D eigenvalue weighted by Crippen LogP contribution is -2.36. The van der Waals surface area contributed by atoms with Crippen LogP contribution in [-0.4, -0.2) is 44.2 Å². The highest BCUT2D eigenvalue weighted by Gasteiger charge is 2.12. The molecule has 3 N–H and O–H groups in total. The lowest BCUT2D eigenvalue weighted by Gasteiger charge is -2.15. The molecule has 1 aromatic carbocycles. The second-order valence-electron chi connectivity index (χ2n) is 7.30. The maximum absolute atomic E-state index is 11.9. The number of rotatable bonds is 8. The highest BCUT2D eigenvalue weighted by Crippen LogP contribution is 2.32. The molecule has 0 saturated heterocycles. The van der Waals surface area contributed by atoms with Crippen LogP contribution in [0.25, 0.3) is 0 Å². The van der Waals surface area contributed by atoms with Crippen LogP contribution in [0.2, 0.25) is 0 Å². The van der Waals surface area contributed by atoms with Gasteiger partial charge in [-0.1, -0.05) is 6.07 Å². The molecular weight excluding hydrogens is 527 g/mol. The number of thiophene rings is 1. The van der Waals surface area contributed by atoms with E-state index in [2.05, 4.69) is 32.4 Å². The predicted octanol–water partition coefficient (Wildman–Crippen LogP) is 4.04. The van der Waals surface area contributed by atoms with E-state index >= 15 is 0 Å². The monoisotopic (exact) mass is 558 g/mol. The summed E-state index contributed by atoms with van der Waals surface area (Å²) in [6.45, 7) is 6.35. The number of benzene rings is 1. The number of nitrogens with one attached hydrogen (secondary N) is 3. The van der Waals surface area contributed by atoms with Gasteiger partial charge in [0.25, 0.3) is 0 Å². The third-order valence-corrected chi connectivity index (χ3v) is 5.25. The van der Waals surface area contributed by atoms with Gasteiger partial charge in [-0.25, -0.2) is 0 Å². The minimum Gasteiger partial charge on any atom is -0.490 e. The maximum Gasteiger partial charge on any atom is 0.221 e. The van der Waals surface area contributed by atoms with Gasteiger partial charge in [0, 0.05) is 55.0 Å². The molecule has 1 aliphatic rings. The molecule has 3 rings (SSSR count). The van der Waals surface area contributed by atoms with Gasteiger partial charge in [-0.3, -0.25) is 9.79 Å². The summed E-state index contributed by atoms with van der Waals surface area (Å²) in [6.07, 6.45) is 2.12. The Morgan fingerprint density at radius 2 is 2.00 bits per heavy atom. The number of fused-ring (bicyclic) bond motifs is 1. The minimum atomic E-state index is 0. The number of anilines is 1. The number of carbonyl (C=O) groups is 1. The molecule has 0 unspecified atom stereocenters. The fourth-order valence-corrected chi connectivity index (χ4v) is 3.64. The van der Waals surface area contributed by atoms with Crippen molar-refractivity contribution >= 4 is 52.9 Å². The van der Waals surface area contributed by atoms with Crippen LogP contribution >= 0.6 is 35.3 Å². The van der Waals surface area contributed by atoms with Gasteiger partial charge in [0.2, 0.25) is 5.91 Å². The van der Waals surface area contributed by atoms with Gasteiger partial charge in [0.1, 0.15) is 0 Å². The van der Waals surface area contributed by atoms with Crippen molar-refractivity contribution < 1.29 is 14.3 Å². The molecule has 7 nitrogen and oxygen atoms in total. The molecule has 0 atom stereocenters. The third kappa shape index (κ3) is 8.94. The first kappa shape index (κ1) is 25.3. The van der Waals surface area contributed by atoms with Crippen LogP contribution in [0.15, 0.2) is 40.7 Å². The van der Waals surface area contributed by atoms with E-state index in [1.807, 2.05) is 38.1 Å². The zero-order chi connectivity index (χ0) is 21.2. The minimum absolute atomic E-state index is 0. The molecule has 0 spiro atoms. The number of carbonyl (C=O) groups excluding carboxylic acids is 1. The Labute approximate surface area is 205 Å². The Bertz CT molecular complexity index is 843. The van der Waals surface area contributed by atoms with E-state index in [-0.39, 0.29) is 35.9 Å². The van der Waals surface area contributed by atoms with Gasteiger partial charge in [0.15, 0.2) is 17.5 Å². The zero-order valence-electron chi connectivity index (χ0n) is 18.0. The van der Waals surface area contributed by atoms with Crippen LogP contribution in [-0.2, 0) is 11.2 Å². The maximum atomic E-state index is 11.9. The molecule has 1 aliphatic heterocycles. The van der Waals surface area contributed by atoms with Gasteiger partial charge in [-0.2, -0.15) is 0 Å². The van der Waals surface area contributed by atoms with Gasteiger partial charge in [0.05, 0.1) is 13.2 Å². The van der Waals surface area contributed by atoms with Gasteiger partial charge >= 0.3 is 0 Å². The molecule has 0 saturated carbocycles. The largest absolute Gasteiger partial charge is 0.490 e. The van der Waals surface area contributed by atoms with Crippen molar-refractivity contribution in [2.75, 3.05) is 31.6 Å². The van der Waals surface area contributed by atoms with Gasteiger partial charge in [-0.05, 0) is 37.4 Å². The first-order valence-electron chi connectivity index (χ1n) is 10.4. The summed E-state index contributed by atoms with van der Waals surface area (Å²) in [5.74, 6) is 2.14. The molecular formula is C22H31IN4O3S. The first-order chi connectivity index (χ1) is 14.6. The highest BCUT2D eigenvalue weighted by atomic mass is 127. The molecule has 0 radical (unpaired) electrons. The summed E-state index contributed by atoms with van der Waals surface area (Å²) in [5.41, 5.74) is 0.855. The molecule has 2 aromatic rings. The number of ether oxygens (including phenoxy) is 2. The molecule has 0 fully saturated rings. The molecule has 2 heterocycles. The second-order valence-corrected chi connectivity index (χ2v) is 8.33. The standard InChI is InChI=1S/C22H30N4O3S.HI/c1-16(2)25-21(27)9-11-24-22(23-10-8-18-5-3-14-30-18)26-17-6-7-19-20(15-17)29-13-4-12-28-19;/h3,5-7,14-16H,4,8-13H2,1-2H3,(H,25,27)(H2,23,24,26);1H. The number of halogens is 1. The van der Waals surface area contributed by atoms with Crippen molar-refractivity contribution in [1.82, 2.24) is 10.6 Å². The van der Waals surface area contributed by atoms with E-state index in [1.165, 1.54) is 4.88 Å². The number of hydrogen-bond donors (Lipinski definition) is 3. The topological polar surface area (TPSA) is 84.0 Å². The lowest BCUT2D eigenvalue weighted by atomic mass is 10.2. The van der Waals surface area contributed by atoms with Crippen molar-refractivity contribution in [3.63, 3.8) is 0 Å². The molecule has 1 aromatic heterocycles. The smallest absolute Gasteiger partial charge is 0.221 e. The van der Waals surface area contributed by atoms with Crippen LogP contribution in [0.3, 0.4) is 0 Å². The number of aliphatic imine (C=N–C) groups is 1. The summed E-state index contributed by atoms with van der Waals surface area (Å²) in [7, 11) is 0. The van der Waals surface area contributed by atoms with Crippen molar-refractivity contribution in [2.45, 2.75) is 39.2 Å². The molecule has 9 heteroatoms.